The molecule has 0 atom stereocenters. The summed E-state index contributed by atoms with van der Waals surface area (Å²) >= 11 is 0. The first-order valence-corrected chi connectivity index (χ1v) is 6.83. The molecule has 1 saturated heterocycles. The van der Waals surface area contributed by atoms with Gasteiger partial charge in [-0.15, -0.1) is 0 Å². The van der Waals surface area contributed by atoms with E-state index in [1.165, 1.54) is 6.26 Å². The van der Waals surface area contributed by atoms with Gasteiger partial charge in [-0.1, -0.05) is 0 Å². The number of carboxylic acid groups (broad SMARTS) is 1. The number of aromatic carboxylic acids is 1. The fraction of sp³-hybridized carbons (Fsp3) is 0.643. The lowest BCUT2D eigenvalue weighted by molar-refractivity contribution is -0.00976. The number of rotatable bonds is 6. The maximum Gasteiger partial charge on any atom is 0.338 e. The normalized spacial score (nSPS) is 17.3. The number of nitrogens with zero attached hydrogens (tertiary/aromatic N) is 1. The van der Waals surface area contributed by atoms with Crippen molar-refractivity contribution in [1.82, 2.24) is 10.2 Å². The van der Waals surface area contributed by atoms with E-state index in [1.807, 2.05) is 0 Å². The van der Waals surface area contributed by atoms with Crippen molar-refractivity contribution in [3.63, 3.8) is 0 Å². The molecular formula is C14H22N2O4. The highest BCUT2D eigenvalue weighted by Crippen LogP contribution is 2.15. The Kier molecular flexibility index (Phi) is 4.80. The van der Waals surface area contributed by atoms with E-state index in [-0.39, 0.29) is 11.1 Å². The molecule has 0 aromatic carbocycles. The molecule has 2 heterocycles. The molecule has 20 heavy (non-hydrogen) atoms. The van der Waals surface area contributed by atoms with Crippen LogP contribution in [0.25, 0.3) is 0 Å². The molecule has 1 aliphatic heterocycles. The van der Waals surface area contributed by atoms with Crippen LogP contribution in [0.15, 0.2) is 16.7 Å². The highest BCUT2D eigenvalue weighted by atomic mass is 16.5. The minimum atomic E-state index is -0.964. The minimum absolute atomic E-state index is 0.0337. The molecule has 0 radical (unpaired) electrons. The summed E-state index contributed by atoms with van der Waals surface area (Å²) < 4.78 is 10.6. The van der Waals surface area contributed by atoms with Crippen molar-refractivity contribution in [3.05, 3.63) is 23.7 Å². The largest absolute Gasteiger partial charge is 0.478 e. The number of nitrogens with one attached hydrogen (secondary N) is 1. The molecule has 0 bridgehead atoms. The van der Waals surface area contributed by atoms with Crippen molar-refractivity contribution in [2.24, 2.45) is 0 Å². The van der Waals surface area contributed by atoms with Crippen molar-refractivity contribution in [3.8, 4) is 0 Å². The molecular weight excluding hydrogens is 260 g/mol. The van der Waals surface area contributed by atoms with E-state index in [1.54, 1.807) is 6.07 Å². The topological polar surface area (TPSA) is 74.9 Å². The van der Waals surface area contributed by atoms with E-state index in [9.17, 15) is 4.79 Å². The minimum Gasteiger partial charge on any atom is -0.478 e. The fourth-order valence-corrected chi connectivity index (χ4v) is 2.36. The number of carbonyl (C=O) groups is 1. The van der Waals surface area contributed by atoms with Gasteiger partial charge in [0.2, 0.25) is 0 Å². The predicted octanol–water partition coefficient (Wildman–Crippen LogP) is 1.18. The maximum atomic E-state index is 10.8. The van der Waals surface area contributed by atoms with Gasteiger partial charge in [0, 0.05) is 25.2 Å². The van der Waals surface area contributed by atoms with Crippen LogP contribution in [0.3, 0.4) is 0 Å². The molecule has 2 rings (SSSR count). The van der Waals surface area contributed by atoms with Crippen LogP contribution in [0.5, 0.6) is 0 Å². The zero-order valence-corrected chi connectivity index (χ0v) is 12.0. The molecule has 0 unspecified atom stereocenters. The Hall–Kier alpha value is -1.37. The Labute approximate surface area is 118 Å². The van der Waals surface area contributed by atoms with Crippen LogP contribution < -0.4 is 5.32 Å². The Morgan fingerprint density at radius 1 is 1.45 bits per heavy atom. The Morgan fingerprint density at radius 3 is 2.75 bits per heavy atom. The SMILES string of the molecule is CC(C)(CNCc1cc(C(=O)O)co1)N1CCOCC1. The molecule has 1 aromatic rings. The van der Waals surface area contributed by atoms with E-state index in [0.29, 0.717) is 12.3 Å². The Morgan fingerprint density at radius 2 is 2.15 bits per heavy atom. The smallest absolute Gasteiger partial charge is 0.338 e. The zero-order chi connectivity index (χ0) is 14.6. The molecule has 1 fully saturated rings. The summed E-state index contributed by atoms with van der Waals surface area (Å²) in [6.45, 7) is 9.16. The number of ether oxygens (including phenoxy) is 1. The molecule has 1 aliphatic rings. The van der Waals surface area contributed by atoms with E-state index >= 15 is 0 Å². The zero-order valence-electron chi connectivity index (χ0n) is 12.0. The van der Waals surface area contributed by atoms with Gasteiger partial charge < -0.3 is 19.6 Å². The lowest BCUT2D eigenvalue weighted by Crippen LogP contribution is -2.54. The summed E-state index contributed by atoms with van der Waals surface area (Å²) in [5.41, 5.74) is 0.223. The summed E-state index contributed by atoms with van der Waals surface area (Å²) in [5.74, 6) is -0.325. The Bertz CT molecular complexity index is 450. The molecule has 0 aliphatic carbocycles. The molecule has 2 N–H and O–H groups in total. The van der Waals surface area contributed by atoms with Gasteiger partial charge in [-0.05, 0) is 19.9 Å². The summed E-state index contributed by atoms with van der Waals surface area (Å²) in [4.78, 5) is 13.2. The molecule has 6 heteroatoms. The van der Waals surface area contributed by atoms with Crippen LogP contribution in [0.2, 0.25) is 0 Å². The van der Waals surface area contributed by atoms with Gasteiger partial charge in [0.05, 0.1) is 25.3 Å². The first kappa shape index (κ1) is 15.0. The van der Waals surface area contributed by atoms with Gasteiger partial charge in [-0.3, -0.25) is 4.90 Å². The van der Waals surface area contributed by atoms with Gasteiger partial charge in [-0.2, -0.15) is 0 Å². The third kappa shape index (κ3) is 3.82. The van der Waals surface area contributed by atoms with Gasteiger partial charge in [0.25, 0.3) is 0 Å². The second-order valence-corrected chi connectivity index (χ2v) is 5.62. The van der Waals surface area contributed by atoms with Gasteiger partial charge in [0.1, 0.15) is 12.0 Å². The number of hydrogen-bond acceptors (Lipinski definition) is 5. The predicted molar refractivity (Wildman–Crippen MR) is 73.8 cm³/mol. The maximum absolute atomic E-state index is 10.8. The van der Waals surface area contributed by atoms with Crippen LogP contribution in [-0.2, 0) is 11.3 Å². The monoisotopic (exact) mass is 282 g/mol. The molecule has 6 nitrogen and oxygen atoms in total. The number of carboxylic acids is 1. The number of morpholine rings is 1. The van der Waals surface area contributed by atoms with Crippen molar-refractivity contribution in [1.29, 1.82) is 0 Å². The van der Waals surface area contributed by atoms with Crippen LogP contribution in [0, 0.1) is 0 Å². The van der Waals surface area contributed by atoms with Crippen LogP contribution in [0.4, 0.5) is 0 Å². The molecule has 0 amide bonds. The Balaban J connectivity index is 1.80. The summed E-state index contributed by atoms with van der Waals surface area (Å²) in [6.07, 6.45) is 1.27. The van der Waals surface area contributed by atoms with Crippen LogP contribution in [-0.4, -0.2) is 54.4 Å². The summed E-state index contributed by atoms with van der Waals surface area (Å²) in [6, 6.07) is 1.55. The van der Waals surface area contributed by atoms with Crippen molar-refractivity contribution < 1.29 is 19.1 Å². The second kappa shape index (κ2) is 6.39. The average Bonchev–Trinajstić information content (AvgIpc) is 2.89. The molecule has 0 saturated carbocycles. The van der Waals surface area contributed by atoms with E-state index < -0.39 is 5.97 Å². The standard InChI is InChI=1S/C14H22N2O4/c1-14(2,16-3-5-19-6-4-16)10-15-8-12-7-11(9-20-12)13(17)18/h7,9,15H,3-6,8,10H2,1-2H3,(H,17,18). The van der Waals surface area contributed by atoms with Crippen molar-refractivity contribution in [2.75, 3.05) is 32.8 Å². The van der Waals surface area contributed by atoms with Crippen molar-refractivity contribution in [2.45, 2.75) is 25.9 Å². The first-order valence-electron chi connectivity index (χ1n) is 6.83. The highest BCUT2D eigenvalue weighted by molar-refractivity contribution is 5.87. The first-order chi connectivity index (χ1) is 9.49. The second-order valence-electron chi connectivity index (χ2n) is 5.62. The lowest BCUT2D eigenvalue weighted by Gasteiger charge is -2.41. The average molecular weight is 282 g/mol. The van der Waals surface area contributed by atoms with E-state index in [4.69, 9.17) is 14.3 Å². The van der Waals surface area contributed by atoms with Crippen LogP contribution >= 0.6 is 0 Å². The third-order valence-electron chi connectivity index (χ3n) is 3.62. The third-order valence-corrected chi connectivity index (χ3v) is 3.62. The van der Waals surface area contributed by atoms with Gasteiger partial charge in [-0.25, -0.2) is 4.79 Å². The molecule has 0 spiro atoms. The quantitative estimate of drug-likeness (QED) is 0.816. The van der Waals surface area contributed by atoms with Crippen LogP contribution in [0.1, 0.15) is 30.0 Å². The summed E-state index contributed by atoms with van der Waals surface area (Å²) in [5, 5.41) is 12.1. The highest BCUT2D eigenvalue weighted by Gasteiger charge is 2.27. The van der Waals surface area contributed by atoms with Gasteiger partial charge in [0.15, 0.2) is 0 Å². The number of furan rings is 1. The summed E-state index contributed by atoms with van der Waals surface area (Å²) in [7, 11) is 0. The van der Waals surface area contributed by atoms with E-state index in [2.05, 4.69) is 24.1 Å². The van der Waals surface area contributed by atoms with Crippen molar-refractivity contribution >= 4 is 5.97 Å². The fourth-order valence-electron chi connectivity index (χ4n) is 2.36. The molecule has 112 valence electrons. The van der Waals surface area contributed by atoms with Gasteiger partial charge >= 0.3 is 5.97 Å². The number of hydrogen-bond donors (Lipinski definition) is 2. The molecule has 1 aromatic heterocycles. The lowest BCUT2D eigenvalue weighted by atomic mass is 10.0. The van der Waals surface area contributed by atoms with E-state index in [0.717, 1.165) is 32.8 Å².